The zero-order chi connectivity index (χ0) is 13.5. The Hall–Kier alpha value is -0.860. The van der Waals surface area contributed by atoms with Crippen LogP contribution in [0, 0.1) is 5.92 Å². The minimum Gasteiger partial charge on any atom is -0.309 e. The second-order valence-electron chi connectivity index (χ2n) is 5.71. The van der Waals surface area contributed by atoms with Gasteiger partial charge in [-0.05, 0) is 31.0 Å². The second-order valence-corrected chi connectivity index (χ2v) is 5.71. The maximum Gasteiger partial charge on any atom is 0.0449 e. The first-order valence-corrected chi connectivity index (χ1v) is 7.84. The molecule has 1 fully saturated rings. The first kappa shape index (κ1) is 14.5. The summed E-state index contributed by atoms with van der Waals surface area (Å²) in [6.07, 6.45) is 3.87. The summed E-state index contributed by atoms with van der Waals surface area (Å²) in [5.74, 6) is 0.856. The van der Waals surface area contributed by atoms with Gasteiger partial charge in [0.1, 0.15) is 0 Å². The first-order chi connectivity index (χ1) is 9.33. The highest BCUT2D eigenvalue weighted by atomic mass is 15.2. The van der Waals surface area contributed by atoms with E-state index in [9.17, 15) is 0 Å². The van der Waals surface area contributed by atoms with Crippen LogP contribution in [-0.4, -0.2) is 31.1 Å². The fourth-order valence-electron chi connectivity index (χ4n) is 2.98. The Morgan fingerprint density at radius 3 is 2.63 bits per heavy atom. The Morgan fingerprint density at radius 2 is 1.95 bits per heavy atom. The van der Waals surface area contributed by atoms with E-state index in [-0.39, 0.29) is 0 Å². The minimum absolute atomic E-state index is 0.498. The third-order valence-electron chi connectivity index (χ3n) is 4.36. The summed E-state index contributed by atoms with van der Waals surface area (Å²) < 4.78 is 0. The number of rotatable bonds is 5. The van der Waals surface area contributed by atoms with Crippen molar-refractivity contribution in [2.45, 2.75) is 39.2 Å². The predicted octanol–water partition coefficient (Wildman–Crippen LogP) is 3.46. The van der Waals surface area contributed by atoms with Gasteiger partial charge in [0.15, 0.2) is 0 Å². The van der Waals surface area contributed by atoms with Crippen molar-refractivity contribution in [3.05, 3.63) is 35.9 Å². The predicted molar refractivity (Wildman–Crippen MR) is 82.3 cm³/mol. The lowest BCUT2D eigenvalue weighted by molar-refractivity contribution is 0.220. The molecule has 1 aromatic carbocycles. The van der Waals surface area contributed by atoms with E-state index < -0.39 is 0 Å². The third kappa shape index (κ3) is 4.32. The number of nitrogens with zero attached hydrogens (tertiary/aromatic N) is 1. The van der Waals surface area contributed by atoms with Crippen LogP contribution in [0.15, 0.2) is 30.3 Å². The van der Waals surface area contributed by atoms with Gasteiger partial charge < -0.3 is 10.2 Å². The van der Waals surface area contributed by atoms with Crippen LogP contribution in [-0.2, 0) is 0 Å². The van der Waals surface area contributed by atoms with Crippen LogP contribution < -0.4 is 5.32 Å². The molecule has 2 rings (SSSR count). The summed E-state index contributed by atoms with van der Waals surface area (Å²) in [5, 5.41) is 3.70. The van der Waals surface area contributed by atoms with Gasteiger partial charge >= 0.3 is 0 Å². The molecule has 1 aliphatic rings. The summed E-state index contributed by atoms with van der Waals surface area (Å²) in [5.41, 5.74) is 1.43. The fraction of sp³-hybridized carbons (Fsp3) is 0.647. The van der Waals surface area contributed by atoms with E-state index in [1.54, 1.807) is 0 Å². The number of nitrogens with one attached hydrogen (secondary N) is 1. The average molecular weight is 260 g/mol. The van der Waals surface area contributed by atoms with E-state index >= 15 is 0 Å². The topological polar surface area (TPSA) is 15.3 Å². The van der Waals surface area contributed by atoms with Gasteiger partial charge in [-0.25, -0.2) is 0 Å². The van der Waals surface area contributed by atoms with E-state index in [4.69, 9.17) is 0 Å². The van der Waals surface area contributed by atoms with Gasteiger partial charge in [0.25, 0.3) is 0 Å². The molecule has 0 bridgehead atoms. The Kier molecular flexibility index (Phi) is 5.87. The molecular formula is C17H28N2. The van der Waals surface area contributed by atoms with Crippen molar-refractivity contribution in [3.8, 4) is 0 Å². The monoisotopic (exact) mass is 260 g/mol. The second kappa shape index (κ2) is 7.66. The standard InChI is InChI=1S/C17H28N2/c1-3-15(4-2)13-19-12-8-11-18-17(14-19)16-9-6-5-7-10-16/h5-7,9-10,15,17-18H,3-4,8,11-14H2,1-2H3. The number of benzene rings is 1. The molecule has 0 radical (unpaired) electrons. The van der Waals surface area contributed by atoms with Crippen LogP contribution in [0.4, 0.5) is 0 Å². The first-order valence-electron chi connectivity index (χ1n) is 7.84. The molecule has 2 nitrogen and oxygen atoms in total. The van der Waals surface area contributed by atoms with E-state index in [1.165, 1.54) is 37.9 Å². The Morgan fingerprint density at radius 1 is 1.21 bits per heavy atom. The zero-order valence-electron chi connectivity index (χ0n) is 12.4. The van der Waals surface area contributed by atoms with E-state index in [0.717, 1.165) is 19.0 Å². The van der Waals surface area contributed by atoms with E-state index in [1.807, 2.05) is 0 Å². The normalized spacial score (nSPS) is 21.5. The highest BCUT2D eigenvalue weighted by molar-refractivity contribution is 5.19. The molecule has 1 aliphatic heterocycles. The van der Waals surface area contributed by atoms with E-state index in [0.29, 0.717) is 6.04 Å². The van der Waals surface area contributed by atoms with Crippen molar-refractivity contribution >= 4 is 0 Å². The summed E-state index contributed by atoms with van der Waals surface area (Å²) in [4.78, 5) is 2.66. The molecule has 1 heterocycles. The largest absolute Gasteiger partial charge is 0.309 e. The number of hydrogen-bond donors (Lipinski definition) is 1. The van der Waals surface area contributed by atoms with Crippen molar-refractivity contribution in [2.75, 3.05) is 26.2 Å². The molecule has 0 spiro atoms. The van der Waals surface area contributed by atoms with Crippen molar-refractivity contribution in [3.63, 3.8) is 0 Å². The van der Waals surface area contributed by atoms with Crippen LogP contribution in [0.25, 0.3) is 0 Å². The minimum atomic E-state index is 0.498. The van der Waals surface area contributed by atoms with Crippen molar-refractivity contribution in [2.24, 2.45) is 5.92 Å². The Balaban J connectivity index is 1.98. The molecule has 1 aromatic rings. The van der Waals surface area contributed by atoms with Crippen molar-refractivity contribution < 1.29 is 0 Å². The van der Waals surface area contributed by atoms with Gasteiger partial charge in [-0.15, -0.1) is 0 Å². The number of hydrogen-bond acceptors (Lipinski definition) is 2. The lowest BCUT2D eigenvalue weighted by Crippen LogP contribution is -2.34. The molecule has 106 valence electrons. The SMILES string of the molecule is CCC(CC)CN1CCCNC(c2ccccc2)C1. The van der Waals surface area contributed by atoms with Gasteiger partial charge in [0.05, 0.1) is 0 Å². The molecule has 19 heavy (non-hydrogen) atoms. The molecule has 1 N–H and O–H groups in total. The molecule has 0 aromatic heterocycles. The molecule has 0 amide bonds. The summed E-state index contributed by atoms with van der Waals surface area (Å²) in [6, 6.07) is 11.4. The van der Waals surface area contributed by atoms with Crippen LogP contribution >= 0.6 is 0 Å². The van der Waals surface area contributed by atoms with Crippen LogP contribution in [0.2, 0.25) is 0 Å². The van der Waals surface area contributed by atoms with Gasteiger partial charge in [-0.1, -0.05) is 57.0 Å². The maximum absolute atomic E-state index is 3.70. The van der Waals surface area contributed by atoms with Crippen LogP contribution in [0.3, 0.4) is 0 Å². The molecule has 0 aliphatic carbocycles. The van der Waals surface area contributed by atoms with Crippen LogP contribution in [0.1, 0.15) is 44.7 Å². The Labute approximate surface area is 118 Å². The van der Waals surface area contributed by atoms with Gasteiger partial charge in [0.2, 0.25) is 0 Å². The molecule has 2 heteroatoms. The summed E-state index contributed by atoms with van der Waals surface area (Å²) in [6.45, 7) is 9.43. The molecule has 1 saturated heterocycles. The van der Waals surface area contributed by atoms with Crippen molar-refractivity contribution in [1.82, 2.24) is 10.2 Å². The third-order valence-corrected chi connectivity index (χ3v) is 4.36. The highest BCUT2D eigenvalue weighted by Crippen LogP contribution is 2.19. The lowest BCUT2D eigenvalue weighted by atomic mass is 10.0. The molecule has 1 unspecified atom stereocenters. The fourth-order valence-corrected chi connectivity index (χ4v) is 2.98. The summed E-state index contributed by atoms with van der Waals surface area (Å²) >= 11 is 0. The lowest BCUT2D eigenvalue weighted by Gasteiger charge is -2.28. The van der Waals surface area contributed by atoms with Gasteiger partial charge in [-0.2, -0.15) is 0 Å². The molecular weight excluding hydrogens is 232 g/mol. The Bertz CT molecular complexity index is 346. The van der Waals surface area contributed by atoms with Crippen LogP contribution in [0.5, 0.6) is 0 Å². The molecule has 0 saturated carbocycles. The zero-order valence-corrected chi connectivity index (χ0v) is 12.4. The van der Waals surface area contributed by atoms with Gasteiger partial charge in [0, 0.05) is 19.1 Å². The van der Waals surface area contributed by atoms with Gasteiger partial charge in [-0.3, -0.25) is 0 Å². The van der Waals surface area contributed by atoms with Crippen molar-refractivity contribution in [1.29, 1.82) is 0 Å². The van der Waals surface area contributed by atoms with E-state index in [2.05, 4.69) is 54.4 Å². The smallest absolute Gasteiger partial charge is 0.0449 e. The quantitative estimate of drug-likeness (QED) is 0.872. The highest BCUT2D eigenvalue weighted by Gasteiger charge is 2.20. The summed E-state index contributed by atoms with van der Waals surface area (Å²) in [7, 11) is 0. The average Bonchev–Trinajstić information content (AvgIpc) is 2.71. The maximum atomic E-state index is 3.70. The molecule has 1 atom stereocenters.